The Kier molecular flexibility index (Phi) is 3.89. The minimum atomic E-state index is -0.373. The maximum Gasteiger partial charge on any atom is 0.204 e. The zero-order valence-electron chi connectivity index (χ0n) is 13.5. The molecular formula is C19H13FN4O2. The van der Waals surface area contributed by atoms with Crippen LogP contribution in [0.15, 0.2) is 60.4 Å². The van der Waals surface area contributed by atoms with Crippen molar-refractivity contribution < 1.29 is 14.3 Å². The van der Waals surface area contributed by atoms with Crippen LogP contribution >= 0.6 is 0 Å². The predicted octanol–water partition coefficient (Wildman–Crippen LogP) is 3.33. The van der Waals surface area contributed by atoms with Gasteiger partial charge < -0.3 is 5.11 Å². The van der Waals surface area contributed by atoms with Crippen LogP contribution in [0.5, 0.6) is 0 Å². The van der Waals surface area contributed by atoms with Gasteiger partial charge in [-0.2, -0.15) is 5.21 Å². The van der Waals surface area contributed by atoms with Crippen molar-refractivity contribution >= 4 is 16.9 Å². The first kappa shape index (κ1) is 15.9. The molecule has 6 nitrogen and oxygen atoms in total. The monoisotopic (exact) mass is 348 g/mol. The minimum Gasteiger partial charge on any atom is -0.504 e. The van der Waals surface area contributed by atoms with Crippen LogP contribution in [0.25, 0.3) is 22.5 Å². The number of halogens is 1. The molecule has 0 radical (unpaired) electrons. The minimum absolute atomic E-state index is 0.0374. The van der Waals surface area contributed by atoms with Gasteiger partial charge in [0, 0.05) is 12.0 Å². The molecule has 2 N–H and O–H groups in total. The molecule has 0 atom stereocenters. The molecule has 128 valence electrons. The molecule has 1 heterocycles. The largest absolute Gasteiger partial charge is 0.504 e. The number of aromatic nitrogens is 4. The van der Waals surface area contributed by atoms with Crippen molar-refractivity contribution in [2.45, 2.75) is 6.42 Å². The number of ketones is 1. The lowest BCUT2D eigenvalue weighted by atomic mass is 9.86. The van der Waals surface area contributed by atoms with E-state index in [9.17, 15) is 14.3 Å². The molecule has 3 aromatic rings. The number of carbonyl (C=O) groups excluding carboxylic acids is 1. The Balaban J connectivity index is 1.88. The lowest BCUT2D eigenvalue weighted by molar-refractivity contribution is -0.117. The second kappa shape index (κ2) is 6.36. The fourth-order valence-corrected chi connectivity index (χ4v) is 2.93. The topological polar surface area (TPSA) is 91.8 Å². The van der Waals surface area contributed by atoms with Gasteiger partial charge in [-0.25, -0.2) is 4.39 Å². The molecule has 0 saturated carbocycles. The quantitative estimate of drug-likeness (QED) is 0.757. The van der Waals surface area contributed by atoms with Gasteiger partial charge in [-0.05, 0) is 51.8 Å². The van der Waals surface area contributed by atoms with Gasteiger partial charge in [0.05, 0.1) is 0 Å². The van der Waals surface area contributed by atoms with Crippen molar-refractivity contribution in [1.82, 2.24) is 20.6 Å². The molecule has 26 heavy (non-hydrogen) atoms. The van der Waals surface area contributed by atoms with Gasteiger partial charge in [0.1, 0.15) is 5.82 Å². The van der Waals surface area contributed by atoms with E-state index < -0.39 is 0 Å². The second-order valence-corrected chi connectivity index (χ2v) is 5.84. The number of aliphatic hydroxyl groups excluding tert-OH is 1. The van der Waals surface area contributed by atoms with Crippen LogP contribution in [0, 0.1) is 5.82 Å². The fourth-order valence-electron chi connectivity index (χ4n) is 2.93. The van der Waals surface area contributed by atoms with Crippen molar-refractivity contribution in [2.75, 3.05) is 0 Å². The van der Waals surface area contributed by atoms with E-state index in [0.717, 1.165) is 22.3 Å². The number of nitrogens with zero attached hydrogens (tertiary/aromatic N) is 3. The van der Waals surface area contributed by atoms with E-state index in [2.05, 4.69) is 20.6 Å². The predicted molar refractivity (Wildman–Crippen MR) is 93.2 cm³/mol. The summed E-state index contributed by atoms with van der Waals surface area (Å²) in [7, 11) is 0. The van der Waals surface area contributed by atoms with Crippen molar-refractivity contribution in [1.29, 1.82) is 0 Å². The molecule has 4 rings (SSSR count). The molecule has 1 aliphatic rings. The summed E-state index contributed by atoms with van der Waals surface area (Å²) >= 11 is 0. The highest BCUT2D eigenvalue weighted by Gasteiger charge is 2.22. The highest BCUT2D eigenvalue weighted by atomic mass is 19.1. The van der Waals surface area contributed by atoms with Gasteiger partial charge in [-0.3, -0.25) is 4.79 Å². The van der Waals surface area contributed by atoms with Crippen LogP contribution in [0.4, 0.5) is 4.39 Å². The SMILES string of the molecule is O=C1CC(c2ccc(F)cc2)=C(c2cccc(-c3nn[nH]n3)c2)C=C1O. The summed E-state index contributed by atoms with van der Waals surface area (Å²) in [5.41, 5.74) is 3.67. The molecular weight excluding hydrogens is 335 g/mol. The average molecular weight is 348 g/mol. The van der Waals surface area contributed by atoms with Gasteiger partial charge in [-0.1, -0.05) is 30.3 Å². The van der Waals surface area contributed by atoms with Crippen LogP contribution in [-0.4, -0.2) is 31.5 Å². The number of nitrogens with one attached hydrogen (secondary N) is 1. The number of Topliss-reactive ketones (excluding diaryl/α,β-unsaturated/α-hetero) is 1. The van der Waals surface area contributed by atoms with E-state index in [1.165, 1.54) is 18.2 Å². The lowest BCUT2D eigenvalue weighted by Gasteiger charge is -2.18. The third-order valence-corrected chi connectivity index (χ3v) is 4.20. The molecule has 0 amide bonds. The first-order valence-electron chi connectivity index (χ1n) is 7.89. The van der Waals surface area contributed by atoms with Gasteiger partial charge >= 0.3 is 0 Å². The van der Waals surface area contributed by atoms with Crippen molar-refractivity contribution in [3.05, 3.63) is 77.3 Å². The Bertz CT molecular complexity index is 1040. The normalized spacial score (nSPS) is 14.5. The van der Waals surface area contributed by atoms with Crippen molar-refractivity contribution in [3.8, 4) is 11.4 Å². The summed E-state index contributed by atoms with van der Waals surface area (Å²) < 4.78 is 13.3. The maximum atomic E-state index is 13.3. The molecule has 0 saturated heterocycles. The number of rotatable bonds is 3. The Hall–Kier alpha value is -3.61. The van der Waals surface area contributed by atoms with E-state index in [4.69, 9.17) is 0 Å². The van der Waals surface area contributed by atoms with Crippen LogP contribution in [0.3, 0.4) is 0 Å². The van der Waals surface area contributed by atoms with Gasteiger partial charge in [-0.15, -0.1) is 10.2 Å². The number of tetrazole rings is 1. The number of carbonyl (C=O) groups is 1. The highest BCUT2D eigenvalue weighted by Crippen LogP contribution is 2.36. The molecule has 1 aliphatic carbocycles. The fraction of sp³-hybridized carbons (Fsp3) is 0.0526. The van der Waals surface area contributed by atoms with E-state index in [1.807, 2.05) is 24.3 Å². The number of H-pyrrole nitrogens is 1. The van der Waals surface area contributed by atoms with E-state index in [-0.39, 0.29) is 23.8 Å². The summed E-state index contributed by atoms with van der Waals surface area (Å²) in [4.78, 5) is 12.0. The van der Waals surface area contributed by atoms with Gasteiger partial charge in [0.2, 0.25) is 11.6 Å². The van der Waals surface area contributed by atoms with Crippen molar-refractivity contribution in [2.24, 2.45) is 0 Å². The summed E-state index contributed by atoms with van der Waals surface area (Å²) in [5, 5.41) is 23.8. The first-order chi connectivity index (χ1) is 12.6. The van der Waals surface area contributed by atoms with E-state index in [1.54, 1.807) is 12.1 Å². The van der Waals surface area contributed by atoms with Gasteiger partial charge in [0.25, 0.3) is 0 Å². The summed E-state index contributed by atoms with van der Waals surface area (Å²) in [5.74, 6) is -0.579. The van der Waals surface area contributed by atoms with Crippen LogP contribution in [0.2, 0.25) is 0 Å². The van der Waals surface area contributed by atoms with Gasteiger partial charge in [0.15, 0.2) is 5.76 Å². The Morgan fingerprint density at radius 2 is 1.81 bits per heavy atom. The molecule has 1 aromatic heterocycles. The van der Waals surface area contributed by atoms with E-state index in [0.29, 0.717) is 11.4 Å². The second-order valence-electron chi connectivity index (χ2n) is 5.84. The standard InChI is InChI=1S/C19H13FN4O2/c20-14-6-4-11(5-7-14)15-9-17(25)18(26)10-16(15)12-2-1-3-13(8-12)19-21-23-24-22-19/h1-8,10,26H,9H2,(H,21,22,23,24). The Morgan fingerprint density at radius 1 is 1.04 bits per heavy atom. The van der Waals surface area contributed by atoms with E-state index >= 15 is 0 Å². The average Bonchev–Trinajstić information content (AvgIpc) is 3.19. The number of benzene rings is 2. The molecule has 0 fully saturated rings. The molecule has 7 heteroatoms. The number of aromatic amines is 1. The summed E-state index contributed by atoms with van der Waals surface area (Å²) in [6, 6.07) is 13.3. The smallest absolute Gasteiger partial charge is 0.204 e. The Morgan fingerprint density at radius 3 is 2.54 bits per heavy atom. The van der Waals surface area contributed by atoms with Crippen molar-refractivity contribution in [3.63, 3.8) is 0 Å². The number of hydrogen-bond donors (Lipinski definition) is 2. The first-order valence-corrected chi connectivity index (χ1v) is 7.89. The molecule has 0 bridgehead atoms. The third-order valence-electron chi connectivity index (χ3n) is 4.20. The summed E-state index contributed by atoms with van der Waals surface area (Å²) in [6.07, 6.45) is 1.48. The molecule has 0 spiro atoms. The van der Waals surface area contributed by atoms with Crippen LogP contribution in [0.1, 0.15) is 17.5 Å². The third kappa shape index (κ3) is 2.90. The highest BCUT2D eigenvalue weighted by molar-refractivity contribution is 6.12. The zero-order valence-corrected chi connectivity index (χ0v) is 13.5. The zero-order chi connectivity index (χ0) is 18.1. The molecule has 0 unspecified atom stereocenters. The number of hydrogen-bond acceptors (Lipinski definition) is 5. The lowest BCUT2D eigenvalue weighted by Crippen LogP contribution is -2.10. The molecule has 0 aliphatic heterocycles. The number of aliphatic hydroxyl groups is 1. The maximum absolute atomic E-state index is 13.3. The van der Waals surface area contributed by atoms with Crippen LogP contribution in [-0.2, 0) is 4.79 Å². The summed E-state index contributed by atoms with van der Waals surface area (Å²) in [6.45, 7) is 0. The Labute approximate surface area is 147 Å². The molecule has 2 aromatic carbocycles. The number of allylic oxidation sites excluding steroid dienone is 4. The van der Waals surface area contributed by atoms with Crippen LogP contribution < -0.4 is 0 Å².